The van der Waals surface area contributed by atoms with Crippen LogP contribution in [0, 0.1) is 0 Å². The van der Waals surface area contributed by atoms with E-state index in [0.29, 0.717) is 5.82 Å². The Hall–Kier alpha value is -1.16. The Morgan fingerprint density at radius 3 is 2.64 bits per heavy atom. The molecular weight excluding hydrogens is 140 g/mol. The van der Waals surface area contributed by atoms with E-state index < -0.39 is 0 Å². The lowest BCUT2D eigenvalue weighted by Gasteiger charge is -2.09. The first-order valence-electron chi connectivity index (χ1n) is 3.49. The molecule has 0 aliphatic heterocycles. The Morgan fingerprint density at radius 1 is 1.45 bits per heavy atom. The van der Waals surface area contributed by atoms with Crippen LogP contribution >= 0.6 is 0 Å². The molecule has 4 heteroatoms. The van der Waals surface area contributed by atoms with Crippen molar-refractivity contribution >= 4 is 5.82 Å². The number of aromatic nitrogens is 2. The molecule has 0 saturated heterocycles. The Balaban J connectivity index is 2.93. The van der Waals surface area contributed by atoms with Crippen molar-refractivity contribution in [2.24, 2.45) is 0 Å². The molecule has 0 radical (unpaired) electrons. The van der Waals surface area contributed by atoms with Gasteiger partial charge in [0.15, 0.2) is 0 Å². The van der Waals surface area contributed by atoms with Crippen LogP contribution in [-0.2, 0) is 0 Å². The average Bonchev–Trinajstić information content (AvgIpc) is 2.04. The number of nitrogens with one attached hydrogen (secondary N) is 1. The van der Waals surface area contributed by atoms with Gasteiger partial charge >= 0.3 is 0 Å². The molecule has 1 aromatic rings. The van der Waals surface area contributed by atoms with Crippen molar-refractivity contribution in [3.05, 3.63) is 18.1 Å². The minimum Gasteiger partial charge on any atom is -0.382 e. The summed E-state index contributed by atoms with van der Waals surface area (Å²) in [6.45, 7) is 1.99. The molecule has 0 fully saturated rings. The summed E-state index contributed by atoms with van der Waals surface area (Å²) in [6.07, 6.45) is 3.22. The standard InChI is InChI=1S/C7H12N4/c1-5(9-2)6-7(8)11-4-3-10-6/h3-5,9H,1-2H3,(H2,8,11). The number of anilines is 1. The molecule has 0 amide bonds. The summed E-state index contributed by atoms with van der Waals surface area (Å²) in [5, 5.41) is 3.04. The zero-order valence-electron chi connectivity index (χ0n) is 6.70. The van der Waals surface area contributed by atoms with Gasteiger partial charge in [-0.15, -0.1) is 0 Å². The summed E-state index contributed by atoms with van der Waals surface area (Å²) in [7, 11) is 1.86. The van der Waals surface area contributed by atoms with Crippen molar-refractivity contribution in [2.45, 2.75) is 13.0 Å². The van der Waals surface area contributed by atoms with Gasteiger partial charge in [-0.1, -0.05) is 0 Å². The van der Waals surface area contributed by atoms with Gasteiger partial charge in [0.2, 0.25) is 0 Å². The van der Waals surface area contributed by atoms with Gasteiger partial charge in [0.1, 0.15) is 5.82 Å². The summed E-state index contributed by atoms with van der Waals surface area (Å²) in [5.74, 6) is 0.495. The van der Waals surface area contributed by atoms with E-state index in [1.165, 1.54) is 0 Å². The molecule has 1 heterocycles. The highest BCUT2D eigenvalue weighted by Gasteiger charge is 2.07. The van der Waals surface area contributed by atoms with Crippen molar-refractivity contribution in [3.8, 4) is 0 Å². The maximum Gasteiger partial charge on any atom is 0.146 e. The van der Waals surface area contributed by atoms with Crippen LogP contribution in [-0.4, -0.2) is 17.0 Å². The molecule has 3 N–H and O–H groups in total. The van der Waals surface area contributed by atoms with Gasteiger partial charge in [0, 0.05) is 12.4 Å². The molecule has 1 unspecified atom stereocenters. The predicted molar refractivity (Wildman–Crippen MR) is 43.9 cm³/mol. The molecule has 4 nitrogen and oxygen atoms in total. The molecule has 11 heavy (non-hydrogen) atoms. The quantitative estimate of drug-likeness (QED) is 0.641. The van der Waals surface area contributed by atoms with E-state index in [-0.39, 0.29) is 6.04 Å². The first-order valence-corrected chi connectivity index (χ1v) is 3.49. The van der Waals surface area contributed by atoms with E-state index in [0.717, 1.165) is 5.69 Å². The molecule has 0 aromatic carbocycles. The molecular formula is C7H12N4. The Morgan fingerprint density at radius 2 is 2.09 bits per heavy atom. The van der Waals surface area contributed by atoms with Gasteiger partial charge in [-0.2, -0.15) is 0 Å². The van der Waals surface area contributed by atoms with E-state index in [1.54, 1.807) is 12.4 Å². The average molecular weight is 152 g/mol. The number of nitrogens with zero attached hydrogens (tertiary/aromatic N) is 2. The summed E-state index contributed by atoms with van der Waals surface area (Å²) < 4.78 is 0. The van der Waals surface area contributed by atoms with E-state index in [2.05, 4.69) is 15.3 Å². The smallest absolute Gasteiger partial charge is 0.146 e. The number of hydrogen-bond donors (Lipinski definition) is 2. The second-order valence-corrected chi connectivity index (χ2v) is 2.34. The van der Waals surface area contributed by atoms with Crippen molar-refractivity contribution < 1.29 is 0 Å². The van der Waals surface area contributed by atoms with E-state index in [4.69, 9.17) is 5.73 Å². The zero-order chi connectivity index (χ0) is 8.27. The van der Waals surface area contributed by atoms with Crippen LogP contribution in [0.2, 0.25) is 0 Å². The van der Waals surface area contributed by atoms with Crippen LogP contribution in [0.4, 0.5) is 5.82 Å². The van der Waals surface area contributed by atoms with Crippen molar-refractivity contribution in [1.82, 2.24) is 15.3 Å². The van der Waals surface area contributed by atoms with Gasteiger partial charge < -0.3 is 11.1 Å². The van der Waals surface area contributed by atoms with Crippen molar-refractivity contribution in [3.63, 3.8) is 0 Å². The molecule has 0 aliphatic rings. The first-order chi connectivity index (χ1) is 5.25. The third-order valence-electron chi connectivity index (χ3n) is 1.60. The summed E-state index contributed by atoms with van der Waals surface area (Å²) in [5.41, 5.74) is 6.38. The van der Waals surface area contributed by atoms with Gasteiger partial charge in [0.05, 0.1) is 11.7 Å². The second kappa shape index (κ2) is 3.30. The molecule has 1 rings (SSSR count). The summed E-state index contributed by atoms with van der Waals surface area (Å²) in [6, 6.07) is 0.156. The molecule has 60 valence electrons. The Kier molecular flexibility index (Phi) is 2.38. The summed E-state index contributed by atoms with van der Waals surface area (Å²) >= 11 is 0. The molecule has 1 atom stereocenters. The van der Waals surface area contributed by atoms with Crippen LogP contribution in [0.25, 0.3) is 0 Å². The topological polar surface area (TPSA) is 63.8 Å². The van der Waals surface area contributed by atoms with Crippen molar-refractivity contribution in [1.29, 1.82) is 0 Å². The van der Waals surface area contributed by atoms with Crippen LogP contribution in [0.15, 0.2) is 12.4 Å². The first kappa shape index (κ1) is 7.94. The lowest BCUT2D eigenvalue weighted by molar-refractivity contribution is 0.632. The fraction of sp³-hybridized carbons (Fsp3) is 0.429. The fourth-order valence-electron chi connectivity index (χ4n) is 0.830. The maximum atomic E-state index is 5.58. The highest BCUT2D eigenvalue weighted by Crippen LogP contribution is 2.12. The summed E-state index contributed by atoms with van der Waals surface area (Å²) in [4.78, 5) is 8.02. The largest absolute Gasteiger partial charge is 0.382 e. The number of nitrogen functional groups attached to an aromatic ring is 1. The number of hydrogen-bond acceptors (Lipinski definition) is 4. The lowest BCUT2D eigenvalue weighted by atomic mass is 10.2. The highest BCUT2D eigenvalue weighted by atomic mass is 15.0. The van der Waals surface area contributed by atoms with Crippen LogP contribution in [0.3, 0.4) is 0 Å². The number of nitrogens with two attached hydrogens (primary N) is 1. The van der Waals surface area contributed by atoms with Gasteiger partial charge in [-0.25, -0.2) is 4.98 Å². The molecule has 0 saturated carbocycles. The van der Waals surface area contributed by atoms with E-state index >= 15 is 0 Å². The second-order valence-electron chi connectivity index (χ2n) is 2.34. The third kappa shape index (κ3) is 1.65. The molecule has 1 aromatic heterocycles. The maximum absolute atomic E-state index is 5.58. The Bertz CT molecular complexity index is 236. The van der Waals surface area contributed by atoms with Gasteiger partial charge in [-0.3, -0.25) is 4.98 Å². The highest BCUT2D eigenvalue weighted by molar-refractivity contribution is 5.34. The number of rotatable bonds is 2. The Labute approximate surface area is 65.9 Å². The van der Waals surface area contributed by atoms with Crippen LogP contribution < -0.4 is 11.1 Å². The third-order valence-corrected chi connectivity index (χ3v) is 1.60. The normalized spacial score (nSPS) is 12.9. The van der Waals surface area contributed by atoms with Gasteiger partial charge in [0.25, 0.3) is 0 Å². The minimum atomic E-state index is 0.156. The van der Waals surface area contributed by atoms with E-state index in [9.17, 15) is 0 Å². The lowest BCUT2D eigenvalue weighted by Crippen LogP contribution is -2.16. The van der Waals surface area contributed by atoms with Crippen molar-refractivity contribution in [2.75, 3.05) is 12.8 Å². The van der Waals surface area contributed by atoms with Crippen LogP contribution in [0.1, 0.15) is 18.7 Å². The molecule has 0 spiro atoms. The predicted octanol–water partition coefficient (Wildman–Crippen LogP) is 0.339. The monoisotopic (exact) mass is 152 g/mol. The molecule has 0 bridgehead atoms. The fourth-order valence-corrected chi connectivity index (χ4v) is 0.830. The minimum absolute atomic E-state index is 0.156. The molecule has 0 aliphatic carbocycles. The van der Waals surface area contributed by atoms with E-state index in [1.807, 2.05) is 14.0 Å². The van der Waals surface area contributed by atoms with Crippen LogP contribution in [0.5, 0.6) is 0 Å². The zero-order valence-corrected chi connectivity index (χ0v) is 6.70. The van der Waals surface area contributed by atoms with Gasteiger partial charge in [-0.05, 0) is 14.0 Å². The SMILES string of the molecule is CNC(C)c1nccnc1N.